The first-order chi connectivity index (χ1) is 9.63. The van der Waals surface area contributed by atoms with Crippen LogP contribution in [-0.2, 0) is 17.6 Å². The molecule has 0 radical (unpaired) electrons. The summed E-state index contributed by atoms with van der Waals surface area (Å²) in [6, 6.07) is 7.99. The molecule has 0 saturated carbocycles. The summed E-state index contributed by atoms with van der Waals surface area (Å²) in [6.07, 6.45) is 2.80. The third-order valence-electron chi connectivity index (χ3n) is 3.78. The van der Waals surface area contributed by atoms with Crippen LogP contribution in [0.15, 0.2) is 28.8 Å². The van der Waals surface area contributed by atoms with Crippen molar-refractivity contribution in [3.05, 3.63) is 41.1 Å². The molecular formula is C15H17N3O2. The fraction of sp³-hybridized carbons (Fsp3) is 0.333. The molecule has 20 heavy (non-hydrogen) atoms. The Bertz CT molecular complexity index is 631. The second kappa shape index (κ2) is 5.00. The lowest BCUT2D eigenvalue weighted by atomic mass is 9.83. The number of aromatic nitrogens is 1. The van der Waals surface area contributed by atoms with Crippen molar-refractivity contribution in [1.82, 2.24) is 5.16 Å². The number of nitrogen functional groups attached to an aromatic ring is 1. The highest BCUT2D eigenvalue weighted by Gasteiger charge is 2.25. The lowest BCUT2D eigenvalue weighted by molar-refractivity contribution is -0.114. The summed E-state index contributed by atoms with van der Waals surface area (Å²) in [5.41, 5.74) is 9.92. The number of benzene rings is 1. The third kappa shape index (κ3) is 2.39. The molecule has 5 heteroatoms. The fourth-order valence-electron chi connectivity index (χ4n) is 2.76. The molecule has 1 aromatic carbocycles. The van der Waals surface area contributed by atoms with Gasteiger partial charge in [0.15, 0.2) is 0 Å². The number of rotatable bonds is 2. The standard InChI is InChI=1S/C15H17N3O2/c1-9(19)17-12-5-2-10(3-6-12)11-4-7-14-13(8-11)15(16)20-18-14/h2-3,5-6,11H,4,7-8,16H2,1H3,(H,17,19). The number of hydrogen-bond acceptors (Lipinski definition) is 4. The van der Waals surface area contributed by atoms with Crippen molar-refractivity contribution in [2.45, 2.75) is 32.1 Å². The summed E-state index contributed by atoms with van der Waals surface area (Å²) in [5.74, 6) is 0.812. The maximum absolute atomic E-state index is 11.0. The van der Waals surface area contributed by atoms with Crippen LogP contribution in [0.25, 0.3) is 0 Å². The highest BCUT2D eigenvalue weighted by atomic mass is 16.5. The minimum atomic E-state index is -0.0581. The monoisotopic (exact) mass is 271 g/mol. The van der Waals surface area contributed by atoms with Gasteiger partial charge < -0.3 is 15.6 Å². The maximum Gasteiger partial charge on any atom is 0.225 e. The highest BCUT2D eigenvalue weighted by molar-refractivity contribution is 5.88. The van der Waals surface area contributed by atoms with Crippen molar-refractivity contribution in [1.29, 1.82) is 0 Å². The average Bonchev–Trinajstić information content (AvgIpc) is 2.80. The van der Waals surface area contributed by atoms with Crippen LogP contribution in [0.3, 0.4) is 0 Å². The molecule has 1 unspecified atom stereocenters. The molecule has 2 aromatic rings. The Kier molecular flexibility index (Phi) is 3.18. The van der Waals surface area contributed by atoms with Gasteiger partial charge in [0.2, 0.25) is 11.8 Å². The summed E-state index contributed by atoms with van der Waals surface area (Å²) in [4.78, 5) is 11.0. The van der Waals surface area contributed by atoms with Crippen molar-refractivity contribution in [3.8, 4) is 0 Å². The Balaban J connectivity index is 1.77. The van der Waals surface area contributed by atoms with E-state index in [4.69, 9.17) is 10.3 Å². The van der Waals surface area contributed by atoms with E-state index in [0.29, 0.717) is 11.8 Å². The van der Waals surface area contributed by atoms with E-state index in [1.165, 1.54) is 12.5 Å². The van der Waals surface area contributed by atoms with Gasteiger partial charge in [0, 0.05) is 18.2 Å². The molecule has 1 heterocycles. The van der Waals surface area contributed by atoms with Crippen molar-refractivity contribution < 1.29 is 9.32 Å². The predicted octanol–water partition coefficient (Wildman–Crippen LogP) is 2.49. The Labute approximate surface area is 117 Å². The predicted molar refractivity (Wildman–Crippen MR) is 76.4 cm³/mol. The molecular weight excluding hydrogens is 254 g/mol. The van der Waals surface area contributed by atoms with E-state index in [-0.39, 0.29) is 5.91 Å². The zero-order valence-corrected chi connectivity index (χ0v) is 11.3. The molecule has 1 atom stereocenters. The maximum atomic E-state index is 11.0. The van der Waals surface area contributed by atoms with E-state index >= 15 is 0 Å². The number of carbonyl (C=O) groups excluding carboxylic acids is 1. The highest BCUT2D eigenvalue weighted by Crippen LogP contribution is 2.35. The van der Waals surface area contributed by atoms with Gasteiger partial charge in [-0.25, -0.2) is 0 Å². The smallest absolute Gasteiger partial charge is 0.225 e. The van der Waals surface area contributed by atoms with Crippen molar-refractivity contribution >= 4 is 17.5 Å². The van der Waals surface area contributed by atoms with Gasteiger partial charge in [-0.3, -0.25) is 4.79 Å². The van der Waals surface area contributed by atoms with E-state index < -0.39 is 0 Å². The summed E-state index contributed by atoms with van der Waals surface area (Å²) in [5, 5.41) is 6.76. The molecule has 0 aliphatic heterocycles. The number of carbonyl (C=O) groups is 1. The number of aryl methyl sites for hydroxylation is 1. The molecule has 104 valence electrons. The van der Waals surface area contributed by atoms with E-state index in [0.717, 1.165) is 36.2 Å². The van der Waals surface area contributed by atoms with Crippen molar-refractivity contribution in [3.63, 3.8) is 0 Å². The zero-order chi connectivity index (χ0) is 14.1. The van der Waals surface area contributed by atoms with Gasteiger partial charge in [0.1, 0.15) is 0 Å². The molecule has 3 rings (SSSR count). The number of fused-ring (bicyclic) bond motifs is 1. The first-order valence-electron chi connectivity index (χ1n) is 6.74. The molecule has 0 bridgehead atoms. The Morgan fingerprint density at radius 2 is 2.15 bits per heavy atom. The average molecular weight is 271 g/mol. The summed E-state index contributed by atoms with van der Waals surface area (Å²) >= 11 is 0. The summed E-state index contributed by atoms with van der Waals surface area (Å²) in [6.45, 7) is 1.51. The Morgan fingerprint density at radius 3 is 2.85 bits per heavy atom. The minimum absolute atomic E-state index is 0.0581. The van der Waals surface area contributed by atoms with Gasteiger partial charge in [-0.15, -0.1) is 0 Å². The third-order valence-corrected chi connectivity index (χ3v) is 3.78. The zero-order valence-electron chi connectivity index (χ0n) is 11.3. The van der Waals surface area contributed by atoms with Gasteiger partial charge >= 0.3 is 0 Å². The molecule has 1 aliphatic rings. The van der Waals surface area contributed by atoms with E-state index in [2.05, 4.69) is 22.6 Å². The molecule has 5 nitrogen and oxygen atoms in total. The van der Waals surface area contributed by atoms with Crippen LogP contribution in [0.4, 0.5) is 11.6 Å². The van der Waals surface area contributed by atoms with Gasteiger partial charge in [0.25, 0.3) is 0 Å². The largest absolute Gasteiger partial charge is 0.367 e. The van der Waals surface area contributed by atoms with Crippen LogP contribution >= 0.6 is 0 Å². The van der Waals surface area contributed by atoms with Gasteiger partial charge in [-0.2, -0.15) is 0 Å². The lowest BCUT2D eigenvalue weighted by Crippen LogP contribution is -2.13. The number of nitrogens with two attached hydrogens (primary N) is 1. The number of hydrogen-bond donors (Lipinski definition) is 2. The van der Waals surface area contributed by atoms with Crippen LogP contribution in [0.1, 0.15) is 36.1 Å². The molecule has 0 saturated heterocycles. The molecule has 0 fully saturated rings. The molecule has 3 N–H and O–H groups in total. The summed E-state index contributed by atoms with van der Waals surface area (Å²) in [7, 11) is 0. The fourth-order valence-corrected chi connectivity index (χ4v) is 2.76. The lowest BCUT2D eigenvalue weighted by Gasteiger charge is -2.21. The van der Waals surface area contributed by atoms with E-state index in [1.54, 1.807) is 0 Å². The Morgan fingerprint density at radius 1 is 1.40 bits per heavy atom. The SMILES string of the molecule is CC(=O)Nc1ccc(C2CCc3noc(N)c3C2)cc1. The van der Waals surface area contributed by atoms with E-state index in [1.807, 2.05) is 12.1 Å². The van der Waals surface area contributed by atoms with Gasteiger partial charge in [0.05, 0.1) is 5.69 Å². The number of nitrogens with one attached hydrogen (secondary N) is 1. The molecule has 1 amide bonds. The molecule has 1 aliphatic carbocycles. The molecule has 0 spiro atoms. The first-order valence-corrected chi connectivity index (χ1v) is 6.74. The van der Waals surface area contributed by atoms with Gasteiger partial charge in [-0.05, 0) is 42.9 Å². The van der Waals surface area contributed by atoms with Crippen LogP contribution in [-0.4, -0.2) is 11.1 Å². The quantitative estimate of drug-likeness (QED) is 0.879. The summed E-state index contributed by atoms with van der Waals surface area (Å²) < 4.78 is 5.04. The molecule has 1 aromatic heterocycles. The second-order valence-corrected chi connectivity index (χ2v) is 5.21. The topological polar surface area (TPSA) is 81.2 Å². The van der Waals surface area contributed by atoms with Crippen LogP contribution in [0.2, 0.25) is 0 Å². The van der Waals surface area contributed by atoms with Gasteiger partial charge in [-0.1, -0.05) is 17.3 Å². The normalized spacial score (nSPS) is 17.6. The Hall–Kier alpha value is -2.30. The second-order valence-electron chi connectivity index (χ2n) is 5.21. The minimum Gasteiger partial charge on any atom is -0.367 e. The first kappa shape index (κ1) is 12.7. The van der Waals surface area contributed by atoms with Crippen LogP contribution in [0.5, 0.6) is 0 Å². The van der Waals surface area contributed by atoms with Crippen LogP contribution < -0.4 is 11.1 Å². The van der Waals surface area contributed by atoms with Crippen LogP contribution in [0, 0.1) is 0 Å². The number of nitrogens with zero attached hydrogens (tertiary/aromatic N) is 1. The number of anilines is 2. The van der Waals surface area contributed by atoms with Crippen molar-refractivity contribution in [2.24, 2.45) is 0 Å². The van der Waals surface area contributed by atoms with Crippen molar-refractivity contribution in [2.75, 3.05) is 11.1 Å². The van der Waals surface area contributed by atoms with E-state index in [9.17, 15) is 4.79 Å². The number of amides is 1.